The Bertz CT molecular complexity index is 2530. The van der Waals surface area contributed by atoms with E-state index in [2.05, 4.69) is 146 Å². The Labute approximate surface area is 279 Å². The average molecular weight is 614 g/mol. The van der Waals surface area contributed by atoms with Crippen LogP contribution in [0.5, 0.6) is 0 Å². The number of aromatic nitrogens is 3. The van der Waals surface area contributed by atoms with Crippen LogP contribution in [0.4, 0.5) is 0 Å². The van der Waals surface area contributed by atoms with Crippen molar-refractivity contribution in [2.75, 3.05) is 0 Å². The van der Waals surface area contributed by atoms with Gasteiger partial charge < -0.3 is 0 Å². The number of fused-ring (bicyclic) bond motifs is 6. The van der Waals surface area contributed by atoms with Gasteiger partial charge in [0.15, 0.2) is 17.5 Å². The first-order valence-electron chi connectivity index (χ1n) is 16.5. The smallest absolute Gasteiger partial charge is 0.164 e. The second-order valence-electron chi connectivity index (χ2n) is 12.3. The Balaban J connectivity index is 1.24. The lowest BCUT2D eigenvalue weighted by Gasteiger charge is -2.15. The van der Waals surface area contributed by atoms with Gasteiger partial charge in [0, 0.05) is 16.7 Å². The van der Waals surface area contributed by atoms with Crippen LogP contribution in [0.1, 0.15) is 18.4 Å². The predicted molar refractivity (Wildman–Crippen MR) is 200 cm³/mol. The third-order valence-electron chi connectivity index (χ3n) is 9.34. The lowest BCUT2D eigenvalue weighted by molar-refractivity contribution is 1.04. The van der Waals surface area contributed by atoms with Crippen molar-refractivity contribution < 1.29 is 0 Å². The van der Waals surface area contributed by atoms with Gasteiger partial charge >= 0.3 is 0 Å². The molecule has 1 aliphatic carbocycles. The van der Waals surface area contributed by atoms with Crippen LogP contribution >= 0.6 is 0 Å². The largest absolute Gasteiger partial charge is 0.208 e. The molecule has 0 amide bonds. The maximum absolute atomic E-state index is 5.17. The van der Waals surface area contributed by atoms with Gasteiger partial charge in [0.2, 0.25) is 0 Å². The fourth-order valence-corrected chi connectivity index (χ4v) is 7.01. The monoisotopic (exact) mass is 613 g/mol. The molecule has 0 aliphatic heterocycles. The molecule has 8 aromatic rings. The topological polar surface area (TPSA) is 38.7 Å². The van der Waals surface area contributed by atoms with E-state index in [0.29, 0.717) is 17.5 Å². The van der Waals surface area contributed by atoms with Gasteiger partial charge in [0.25, 0.3) is 0 Å². The van der Waals surface area contributed by atoms with Crippen molar-refractivity contribution in [1.82, 2.24) is 15.0 Å². The molecule has 0 radical (unpaired) electrons. The van der Waals surface area contributed by atoms with E-state index < -0.39 is 0 Å². The number of allylic oxidation sites excluding steroid dienone is 4. The zero-order chi connectivity index (χ0) is 31.9. The molecule has 7 aromatic carbocycles. The lowest BCUT2D eigenvalue weighted by atomic mass is 9.91. The normalized spacial score (nSPS) is 12.9. The van der Waals surface area contributed by atoms with Crippen LogP contribution in [0.25, 0.3) is 83.2 Å². The first-order valence-corrected chi connectivity index (χ1v) is 16.5. The summed E-state index contributed by atoms with van der Waals surface area (Å²) in [5.41, 5.74) is 7.51. The van der Waals surface area contributed by atoms with Crippen molar-refractivity contribution in [3.05, 3.63) is 169 Å². The van der Waals surface area contributed by atoms with Gasteiger partial charge in [0.1, 0.15) is 0 Å². The summed E-state index contributed by atoms with van der Waals surface area (Å²) in [6.07, 6.45) is 8.90. The number of nitrogens with zero attached hydrogens (tertiary/aromatic N) is 3. The molecule has 9 rings (SSSR count). The van der Waals surface area contributed by atoms with E-state index in [1.807, 2.05) is 18.2 Å². The van der Waals surface area contributed by atoms with Crippen LogP contribution < -0.4 is 0 Å². The molecule has 1 aromatic heterocycles. The molecule has 48 heavy (non-hydrogen) atoms. The highest BCUT2D eigenvalue weighted by atomic mass is 15.0. The van der Waals surface area contributed by atoms with E-state index in [1.165, 1.54) is 43.5 Å². The molecule has 0 saturated carbocycles. The SMILES string of the molecule is C1=CC(c2cccc(-c3nc(-c4ccccc4)nc(-c4ccccc4-c4ccc5c6ccccc6c6ccccc6c5c4)n3)c2)=CCC1. The van der Waals surface area contributed by atoms with Crippen molar-refractivity contribution in [2.24, 2.45) is 0 Å². The summed E-state index contributed by atoms with van der Waals surface area (Å²) in [6.45, 7) is 0. The number of hydrogen-bond acceptors (Lipinski definition) is 3. The van der Waals surface area contributed by atoms with Crippen molar-refractivity contribution in [3.8, 4) is 45.3 Å². The van der Waals surface area contributed by atoms with Crippen LogP contribution in [-0.4, -0.2) is 15.0 Å². The standard InChI is InChI=1S/C45H31N3/c1-3-14-30(15-4-1)32-18-13-19-34(28-32)44-46-43(31-16-5-2-6-17-31)47-45(48-44)41-25-12-7-20-35(41)33-26-27-40-38-23-9-8-21-36(38)37-22-10-11-24-39(37)42(40)29-33/h2-3,5-29H,1,4H2. The highest BCUT2D eigenvalue weighted by Gasteiger charge is 2.17. The van der Waals surface area contributed by atoms with E-state index in [-0.39, 0.29) is 0 Å². The Morgan fingerprint density at radius 3 is 1.62 bits per heavy atom. The van der Waals surface area contributed by atoms with Gasteiger partial charge in [-0.1, -0.05) is 152 Å². The summed E-state index contributed by atoms with van der Waals surface area (Å²) in [6, 6.07) is 51.4. The van der Waals surface area contributed by atoms with Crippen molar-refractivity contribution in [1.29, 1.82) is 0 Å². The summed E-state index contributed by atoms with van der Waals surface area (Å²) in [5, 5.41) is 7.55. The fourth-order valence-electron chi connectivity index (χ4n) is 7.01. The summed E-state index contributed by atoms with van der Waals surface area (Å²) >= 11 is 0. The quantitative estimate of drug-likeness (QED) is 0.181. The zero-order valence-electron chi connectivity index (χ0n) is 26.3. The Hall–Kier alpha value is -6.19. The van der Waals surface area contributed by atoms with E-state index in [4.69, 9.17) is 15.0 Å². The molecule has 1 aliphatic rings. The lowest BCUT2D eigenvalue weighted by Crippen LogP contribution is -2.01. The minimum atomic E-state index is 0.653. The summed E-state index contributed by atoms with van der Waals surface area (Å²) in [5.74, 6) is 1.97. The molecule has 0 spiro atoms. The minimum Gasteiger partial charge on any atom is -0.208 e. The van der Waals surface area contributed by atoms with Crippen molar-refractivity contribution in [2.45, 2.75) is 12.8 Å². The minimum absolute atomic E-state index is 0.653. The molecule has 0 N–H and O–H groups in total. The zero-order valence-corrected chi connectivity index (χ0v) is 26.3. The predicted octanol–water partition coefficient (Wildman–Crippen LogP) is 11.7. The molecule has 3 heteroatoms. The molecular weight excluding hydrogens is 583 g/mol. The highest BCUT2D eigenvalue weighted by molar-refractivity contribution is 6.25. The average Bonchev–Trinajstić information content (AvgIpc) is 3.18. The van der Waals surface area contributed by atoms with Gasteiger partial charge in [-0.15, -0.1) is 0 Å². The van der Waals surface area contributed by atoms with Crippen LogP contribution in [0.2, 0.25) is 0 Å². The van der Waals surface area contributed by atoms with Crippen molar-refractivity contribution >= 4 is 37.9 Å². The molecule has 0 saturated heterocycles. The third-order valence-corrected chi connectivity index (χ3v) is 9.34. The molecule has 0 bridgehead atoms. The summed E-state index contributed by atoms with van der Waals surface area (Å²) in [7, 11) is 0. The van der Waals surface area contributed by atoms with Crippen LogP contribution in [0.3, 0.4) is 0 Å². The number of hydrogen-bond donors (Lipinski definition) is 0. The first-order chi connectivity index (χ1) is 23.8. The molecule has 226 valence electrons. The van der Waals surface area contributed by atoms with Gasteiger partial charge in [-0.25, -0.2) is 15.0 Å². The highest BCUT2D eigenvalue weighted by Crippen LogP contribution is 2.39. The molecule has 3 nitrogen and oxygen atoms in total. The Kier molecular flexibility index (Phi) is 6.94. The van der Waals surface area contributed by atoms with E-state index in [1.54, 1.807) is 0 Å². The molecule has 0 fully saturated rings. The Morgan fingerprint density at radius 2 is 0.917 bits per heavy atom. The molecular formula is C45H31N3. The fraction of sp³-hybridized carbons (Fsp3) is 0.0444. The maximum atomic E-state index is 5.17. The number of benzene rings is 7. The van der Waals surface area contributed by atoms with Crippen molar-refractivity contribution in [3.63, 3.8) is 0 Å². The van der Waals surface area contributed by atoms with Crippen LogP contribution in [0.15, 0.2) is 164 Å². The molecule has 0 unspecified atom stereocenters. The van der Waals surface area contributed by atoms with Crippen LogP contribution in [0, 0.1) is 0 Å². The van der Waals surface area contributed by atoms with E-state index in [0.717, 1.165) is 40.7 Å². The van der Waals surface area contributed by atoms with Gasteiger partial charge in [-0.2, -0.15) is 0 Å². The second kappa shape index (κ2) is 11.9. The maximum Gasteiger partial charge on any atom is 0.164 e. The molecule has 0 atom stereocenters. The summed E-state index contributed by atoms with van der Waals surface area (Å²) in [4.78, 5) is 15.3. The molecule has 1 heterocycles. The Morgan fingerprint density at radius 1 is 0.354 bits per heavy atom. The van der Waals surface area contributed by atoms with Gasteiger partial charge in [0.05, 0.1) is 0 Å². The first kappa shape index (κ1) is 28.1. The van der Waals surface area contributed by atoms with E-state index in [9.17, 15) is 0 Å². The number of rotatable bonds is 5. The van der Waals surface area contributed by atoms with Crippen LogP contribution in [-0.2, 0) is 0 Å². The summed E-state index contributed by atoms with van der Waals surface area (Å²) < 4.78 is 0. The third kappa shape index (κ3) is 4.97. The van der Waals surface area contributed by atoms with Gasteiger partial charge in [-0.3, -0.25) is 0 Å². The second-order valence-corrected chi connectivity index (χ2v) is 12.3. The van der Waals surface area contributed by atoms with Gasteiger partial charge in [-0.05, 0) is 79.6 Å². The van der Waals surface area contributed by atoms with E-state index >= 15 is 0 Å².